The maximum absolute atomic E-state index is 12.8. The molecule has 0 aromatic heterocycles. The predicted octanol–water partition coefficient (Wildman–Crippen LogP) is 2.48. The monoisotopic (exact) mass is 430 g/mol. The van der Waals surface area contributed by atoms with Gasteiger partial charge in [-0.1, -0.05) is 5.11 Å². The second kappa shape index (κ2) is 7.94. The van der Waals surface area contributed by atoms with Crippen molar-refractivity contribution in [3.63, 3.8) is 0 Å². The molecular weight excluding hydrogens is 412 g/mol. The second-order valence-electron chi connectivity index (χ2n) is 6.83. The van der Waals surface area contributed by atoms with Crippen LogP contribution in [-0.2, 0) is 23.9 Å². The third kappa shape index (κ3) is 4.21. The van der Waals surface area contributed by atoms with E-state index in [9.17, 15) is 24.3 Å². The van der Waals surface area contributed by atoms with Crippen LogP contribution in [0.1, 0.15) is 27.7 Å². The van der Waals surface area contributed by atoms with E-state index in [1.54, 1.807) is 20.8 Å². The fourth-order valence-electron chi connectivity index (χ4n) is 2.54. The van der Waals surface area contributed by atoms with Crippen LogP contribution in [0.15, 0.2) is 16.4 Å². The maximum Gasteiger partial charge on any atom is 0.369 e. The van der Waals surface area contributed by atoms with Crippen molar-refractivity contribution in [2.45, 2.75) is 43.5 Å². The number of carboxylic acid groups (broad SMARTS) is 1. The molecule has 2 atom stereocenters. The number of azide groups is 1. The van der Waals surface area contributed by atoms with Crippen LogP contribution in [0.3, 0.4) is 0 Å². The molecule has 1 unspecified atom stereocenters. The van der Waals surface area contributed by atoms with Gasteiger partial charge in [0.25, 0.3) is 5.91 Å². The third-order valence-corrected chi connectivity index (χ3v) is 6.13. The number of ether oxygens (including phenoxy) is 2. The smallest absolute Gasteiger partial charge is 0.369 e. The highest BCUT2D eigenvalue weighted by Gasteiger charge is 2.66. The van der Waals surface area contributed by atoms with E-state index in [0.717, 1.165) is 16.7 Å². The fourth-order valence-corrected chi connectivity index (χ4v) is 5.21. The first-order valence-electron chi connectivity index (χ1n) is 7.95. The van der Waals surface area contributed by atoms with E-state index < -0.39 is 39.0 Å². The summed E-state index contributed by atoms with van der Waals surface area (Å²) in [6.07, 6.45) is 0. The summed E-state index contributed by atoms with van der Waals surface area (Å²) >= 11 is 1.52. The minimum Gasteiger partial charge on any atom is -0.477 e. The number of hydrogen-bond donors (Lipinski definition) is 1. The Kier molecular flexibility index (Phi) is 6.21. The van der Waals surface area contributed by atoms with Gasteiger partial charge in [-0.15, -0.1) is 11.8 Å². The average Bonchev–Trinajstić information content (AvgIpc) is 2.56. The number of fused-ring (bicyclic) bond motifs is 1. The zero-order valence-electron chi connectivity index (χ0n) is 15.5. The summed E-state index contributed by atoms with van der Waals surface area (Å²) in [6.45, 7) is 5.82. The van der Waals surface area contributed by atoms with Crippen molar-refractivity contribution in [3.8, 4) is 0 Å². The summed E-state index contributed by atoms with van der Waals surface area (Å²) in [6, 6.07) is 0. The molecule has 0 spiro atoms. The number of amides is 1. The van der Waals surface area contributed by atoms with Crippen LogP contribution in [0.4, 0.5) is 4.79 Å². The fraction of sp³-hybridized carbons (Fsp3) is 0.600. The molecule has 2 aliphatic heterocycles. The highest BCUT2D eigenvalue weighted by Crippen LogP contribution is 2.54. The van der Waals surface area contributed by atoms with Crippen molar-refractivity contribution in [2.24, 2.45) is 5.11 Å². The van der Waals surface area contributed by atoms with Gasteiger partial charge in [-0.2, -0.15) is 0 Å². The quantitative estimate of drug-likeness (QED) is 0.227. The Morgan fingerprint density at radius 3 is 2.61 bits per heavy atom. The van der Waals surface area contributed by atoms with Crippen LogP contribution in [0.25, 0.3) is 10.4 Å². The van der Waals surface area contributed by atoms with E-state index in [-0.39, 0.29) is 23.6 Å². The Labute approximate surface area is 168 Å². The molecule has 0 bridgehead atoms. The molecule has 0 radical (unpaired) electrons. The van der Waals surface area contributed by atoms with E-state index in [0.29, 0.717) is 11.8 Å². The standard InChI is InChI=1S/C15H18N4O7S2/c1-7(20)25-5-8-6-27-12-15(17-18-16,28-13(24)26-14(2,3)4)11(23)19(12)9(8)10(21)22/h12H,5-6H2,1-4H3,(H,21,22)/t12-,15?/m1/s1. The van der Waals surface area contributed by atoms with Gasteiger partial charge in [0.2, 0.25) is 4.87 Å². The summed E-state index contributed by atoms with van der Waals surface area (Å²) in [4.78, 5) is 49.5. The molecule has 11 nitrogen and oxygen atoms in total. The summed E-state index contributed by atoms with van der Waals surface area (Å²) < 4.78 is 10.0. The van der Waals surface area contributed by atoms with E-state index >= 15 is 0 Å². The number of β-lactam (4-membered cyclic amide) rings is 1. The summed E-state index contributed by atoms with van der Waals surface area (Å²) in [7, 11) is 0. The van der Waals surface area contributed by atoms with Crippen LogP contribution >= 0.6 is 23.5 Å². The molecule has 1 saturated heterocycles. The van der Waals surface area contributed by atoms with Gasteiger partial charge in [0.05, 0.1) is 0 Å². The van der Waals surface area contributed by atoms with Gasteiger partial charge >= 0.3 is 17.2 Å². The number of carbonyl (C=O) groups is 4. The maximum atomic E-state index is 12.8. The number of rotatable bonds is 5. The molecule has 13 heteroatoms. The largest absolute Gasteiger partial charge is 0.477 e. The molecule has 2 aliphatic rings. The normalized spacial score (nSPS) is 23.9. The molecule has 0 aliphatic carbocycles. The Balaban J connectivity index is 2.35. The van der Waals surface area contributed by atoms with Crippen molar-refractivity contribution >= 4 is 46.7 Å². The average molecular weight is 430 g/mol. The lowest BCUT2D eigenvalue weighted by Crippen LogP contribution is -2.71. The first-order valence-corrected chi connectivity index (χ1v) is 9.81. The lowest BCUT2D eigenvalue weighted by molar-refractivity contribution is -0.149. The minimum absolute atomic E-state index is 0.112. The van der Waals surface area contributed by atoms with Gasteiger partial charge < -0.3 is 14.6 Å². The summed E-state index contributed by atoms with van der Waals surface area (Å²) in [5.74, 6) is -2.72. The zero-order valence-corrected chi connectivity index (χ0v) is 17.1. The minimum atomic E-state index is -1.85. The molecular formula is C15H18N4O7S2. The SMILES string of the molecule is CC(=O)OCC1=C(C(=O)O)N2C(=O)C(N=[N+]=[N-])(SC(=O)OC(C)(C)C)[C@H]2SC1. The van der Waals surface area contributed by atoms with Crippen LogP contribution in [0.5, 0.6) is 0 Å². The number of thioether (sulfide) groups is 2. The third-order valence-electron chi connectivity index (χ3n) is 3.56. The first-order chi connectivity index (χ1) is 12.9. The van der Waals surface area contributed by atoms with Gasteiger partial charge in [-0.05, 0) is 38.1 Å². The lowest BCUT2D eigenvalue weighted by Gasteiger charge is -2.53. The van der Waals surface area contributed by atoms with Crippen molar-refractivity contribution in [2.75, 3.05) is 12.4 Å². The van der Waals surface area contributed by atoms with Crippen LogP contribution in [0.2, 0.25) is 0 Å². The van der Waals surface area contributed by atoms with Gasteiger partial charge in [-0.3, -0.25) is 14.5 Å². The van der Waals surface area contributed by atoms with Crippen LogP contribution in [-0.4, -0.2) is 61.4 Å². The van der Waals surface area contributed by atoms with E-state index in [2.05, 4.69) is 10.0 Å². The molecule has 1 N–H and O–H groups in total. The molecule has 0 aromatic rings. The Hall–Kier alpha value is -2.37. The number of carbonyl (C=O) groups excluding carboxylic acids is 3. The summed E-state index contributed by atoms with van der Waals surface area (Å²) in [5.41, 5.74) is 7.98. The molecule has 28 heavy (non-hydrogen) atoms. The van der Waals surface area contributed by atoms with Gasteiger partial charge in [0.15, 0.2) is 0 Å². The van der Waals surface area contributed by atoms with E-state index in [1.165, 1.54) is 6.92 Å². The molecule has 1 fully saturated rings. The van der Waals surface area contributed by atoms with Gasteiger partial charge in [-0.25, -0.2) is 9.59 Å². The number of esters is 1. The van der Waals surface area contributed by atoms with Crippen molar-refractivity contribution in [1.82, 2.24) is 4.90 Å². The molecule has 2 rings (SSSR count). The predicted molar refractivity (Wildman–Crippen MR) is 100 cm³/mol. The number of aliphatic carboxylic acids is 1. The van der Waals surface area contributed by atoms with Gasteiger partial charge in [0.1, 0.15) is 23.3 Å². The van der Waals surface area contributed by atoms with Crippen molar-refractivity contribution in [3.05, 3.63) is 21.7 Å². The van der Waals surface area contributed by atoms with Gasteiger partial charge in [0, 0.05) is 23.2 Å². The lowest BCUT2D eigenvalue weighted by atomic mass is 10.0. The Bertz CT molecular complexity index is 816. The molecule has 0 saturated carbocycles. The van der Waals surface area contributed by atoms with E-state index in [1.807, 2.05) is 0 Å². The Morgan fingerprint density at radius 1 is 1.46 bits per heavy atom. The molecule has 0 aromatic carbocycles. The van der Waals surface area contributed by atoms with Crippen LogP contribution in [0, 0.1) is 0 Å². The zero-order chi connectivity index (χ0) is 21.3. The highest BCUT2D eigenvalue weighted by molar-refractivity contribution is 8.16. The number of carboxylic acids is 1. The highest BCUT2D eigenvalue weighted by atomic mass is 32.2. The van der Waals surface area contributed by atoms with Crippen LogP contribution < -0.4 is 0 Å². The van der Waals surface area contributed by atoms with E-state index in [4.69, 9.17) is 15.0 Å². The topological polar surface area (TPSA) is 159 Å². The van der Waals surface area contributed by atoms with Crippen molar-refractivity contribution < 1.29 is 33.8 Å². The molecule has 152 valence electrons. The molecule has 1 amide bonds. The second-order valence-corrected chi connectivity index (χ2v) is 9.06. The summed E-state index contributed by atoms with van der Waals surface area (Å²) in [5, 5.41) is 11.3. The number of nitrogens with zero attached hydrogens (tertiary/aromatic N) is 4. The molecule has 2 heterocycles. The van der Waals surface area contributed by atoms with Crippen molar-refractivity contribution in [1.29, 1.82) is 0 Å². The first kappa shape index (κ1) is 21.9. The number of hydrogen-bond acceptors (Lipinski definition) is 9. The Morgan fingerprint density at radius 2 is 2.11 bits per heavy atom.